The Hall–Kier alpha value is -3.66. The van der Waals surface area contributed by atoms with Gasteiger partial charge in [-0.1, -0.05) is 53.6 Å². The monoisotopic (exact) mass is 382 g/mol. The zero-order valence-electron chi connectivity index (χ0n) is 16.7. The van der Waals surface area contributed by atoms with E-state index in [1.165, 1.54) is 0 Å². The lowest BCUT2D eigenvalue weighted by molar-refractivity contribution is 0.0693. The van der Waals surface area contributed by atoms with Crippen molar-refractivity contribution in [3.8, 4) is 0 Å². The van der Waals surface area contributed by atoms with Crippen molar-refractivity contribution in [2.24, 2.45) is 7.05 Å². The van der Waals surface area contributed by atoms with E-state index in [1.54, 1.807) is 6.07 Å². The molecule has 0 saturated carbocycles. The van der Waals surface area contributed by atoms with Gasteiger partial charge in [0.15, 0.2) is 0 Å². The van der Waals surface area contributed by atoms with Crippen molar-refractivity contribution in [2.75, 3.05) is 0 Å². The number of esters is 1. The van der Waals surface area contributed by atoms with E-state index in [2.05, 4.69) is 4.98 Å². The number of fused-ring (bicyclic) bond motifs is 1. The Bertz CT molecular complexity index is 1230. The first kappa shape index (κ1) is 18.7. The van der Waals surface area contributed by atoms with Gasteiger partial charge in [0.2, 0.25) is 0 Å². The first-order chi connectivity index (χ1) is 14.0. The van der Waals surface area contributed by atoms with Crippen molar-refractivity contribution in [3.05, 3.63) is 101 Å². The summed E-state index contributed by atoms with van der Waals surface area (Å²) in [6.45, 7) is 3.96. The highest BCUT2D eigenvalue weighted by molar-refractivity contribution is 5.95. The Morgan fingerprint density at radius 1 is 0.897 bits per heavy atom. The Kier molecular flexibility index (Phi) is 5.00. The van der Waals surface area contributed by atoms with Crippen molar-refractivity contribution in [3.63, 3.8) is 0 Å². The number of rotatable bonds is 4. The van der Waals surface area contributed by atoms with Gasteiger partial charge in [0.25, 0.3) is 0 Å². The lowest BCUT2D eigenvalue weighted by Gasteiger charge is -2.11. The fourth-order valence-corrected chi connectivity index (χ4v) is 3.31. The van der Waals surface area contributed by atoms with Crippen molar-refractivity contribution in [1.82, 2.24) is 9.55 Å². The minimum atomic E-state index is -0.389. The zero-order valence-corrected chi connectivity index (χ0v) is 16.7. The van der Waals surface area contributed by atoms with Gasteiger partial charge in [-0.3, -0.25) is 0 Å². The summed E-state index contributed by atoms with van der Waals surface area (Å²) in [6, 6.07) is 23.2. The lowest BCUT2D eigenvalue weighted by atomic mass is 10.1. The van der Waals surface area contributed by atoms with Gasteiger partial charge in [0, 0.05) is 18.7 Å². The average molecular weight is 382 g/mol. The zero-order chi connectivity index (χ0) is 20.4. The van der Waals surface area contributed by atoms with Crippen LogP contribution in [0.5, 0.6) is 0 Å². The number of carbonyl (C=O) groups is 1. The lowest BCUT2D eigenvalue weighted by Crippen LogP contribution is -2.06. The average Bonchev–Trinajstić information content (AvgIpc) is 3.03. The largest absolute Gasteiger partial charge is 0.422 e. The van der Waals surface area contributed by atoms with Crippen LogP contribution in [0, 0.1) is 13.8 Å². The van der Waals surface area contributed by atoms with Crippen LogP contribution < -0.4 is 0 Å². The van der Waals surface area contributed by atoms with Crippen LogP contribution in [0.2, 0.25) is 0 Å². The van der Waals surface area contributed by atoms with E-state index in [1.807, 2.05) is 98.3 Å². The summed E-state index contributed by atoms with van der Waals surface area (Å²) in [7, 11) is 1.96. The number of aromatic nitrogens is 2. The smallest absolute Gasteiger partial charge is 0.343 e. The fourth-order valence-electron chi connectivity index (χ4n) is 3.31. The third-order valence-corrected chi connectivity index (χ3v) is 4.84. The van der Waals surface area contributed by atoms with E-state index in [4.69, 9.17) is 4.74 Å². The minimum absolute atomic E-state index is 0.389. The fraction of sp³-hybridized carbons (Fsp3) is 0.120. The molecular weight excluding hydrogens is 360 g/mol. The summed E-state index contributed by atoms with van der Waals surface area (Å²) in [5, 5.41) is 0. The van der Waals surface area contributed by atoms with Crippen molar-refractivity contribution in [2.45, 2.75) is 13.8 Å². The molecule has 0 radical (unpaired) electrons. The Morgan fingerprint density at radius 3 is 2.24 bits per heavy atom. The van der Waals surface area contributed by atoms with Gasteiger partial charge in [-0.05, 0) is 44.2 Å². The van der Waals surface area contributed by atoms with Gasteiger partial charge in [0.05, 0.1) is 16.6 Å². The molecule has 0 aliphatic rings. The Morgan fingerprint density at radius 2 is 1.55 bits per heavy atom. The summed E-state index contributed by atoms with van der Waals surface area (Å²) in [4.78, 5) is 17.5. The molecule has 1 heterocycles. The first-order valence-corrected chi connectivity index (χ1v) is 9.50. The highest BCUT2D eigenvalue weighted by Crippen LogP contribution is 2.24. The maximum atomic E-state index is 12.8. The molecular formula is C25H22N2O2. The first-order valence-electron chi connectivity index (χ1n) is 9.50. The maximum absolute atomic E-state index is 12.8. The summed E-state index contributed by atoms with van der Waals surface area (Å²) >= 11 is 0. The maximum Gasteiger partial charge on any atom is 0.343 e. The van der Waals surface area contributed by atoms with Crippen LogP contribution in [0.15, 0.2) is 72.8 Å². The van der Waals surface area contributed by atoms with Crippen molar-refractivity contribution in [1.29, 1.82) is 0 Å². The highest BCUT2D eigenvalue weighted by atomic mass is 16.5. The van der Waals surface area contributed by atoms with Crippen molar-refractivity contribution >= 4 is 28.8 Å². The molecule has 4 nitrogen and oxygen atoms in total. The molecule has 4 rings (SSSR count). The molecule has 29 heavy (non-hydrogen) atoms. The Balaban J connectivity index is 1.78. The van der Waals surface area contributed by atoms with Crippen molar-refractivity contribution < 1.29 is 9.53 Å². The normalized spacial score (nSPS) is 11.6. The number of imidazole rings is 1. The molecule has 0 fully saturated rings. The molecule has 144 valence electrons. The Labute approximate surface area is 170 Å². The second-order valence-electron chi connectivity index (χ2n) is 7.15. The summed E-state index contributed by atoms with van der Waals surface area (Å²) < 4.78 is 7.85. The van der Waals surface area contributed by atoms with Crippen LogP contribution in [0.3, 0.4) is 0 Å². The molecule has 1 aromatic heterocycles. The molecule has 4 aromatic rings. The molecule has 0 aliphatic heterocycles. The van der Waals surface area contributed by atoms with Crippen LogP contribution >= 0.6 is 0 Å². The van der Waals surface area contributed by atoms with E-state index in [0.717, 1.165) is 33.5 Å². The van der Waals surface area contributed by atoms with E-state index in [-0.39, 0.29) is 5.97 Å². The number of carbonyl (C=O) groups excluding carboxylic acids is 1. The third-order valence-electron chi connectivity index (χ3n) is 4.84. The van der Waals surface area contributed by atoms with E-state index in [9.17, 15) is 4.79 Å². The second kappa shape index (κ2) is 7.76. The van der Waals surface area contributed by atoms with Gasteiger partial charge in [-0.15, -0.1) is 0 Å². The molecule has 0 amide bonds. The number of aryl methyl sites for hydroxylation is 3. The number of nitrogens with zero attached hydrogens (tertiary/aromatic N) is 2. The van der Waals surface area contributed by atoms with Gasteiger partial charge in [0.1, 0.15) is 11.6 Å². The minimum Gasteiger partial charge on any atom is -0.422 e. The molecule has 0 N–H and O–H groups in total. The SMILES string of the molecule is Cc1cccc(C(=O)OC(=Cc2nc3ccccc3n2C)c2cccc(C)c2)c1. The van der Waals surface area contributed by atoms with Crippen LogP contribution in [-0.4, -0.2) is 15.5 Å². The van der Waals surface area contributed by atoms with E-state index >= 15 is 0 Å². The standard InChI is InChI=1S/C25H22N2O2/c1-17-8-6-10-19(14-17)23(29-25(28)20-11-7-9-18(2)15-20)16-24-26-21-12-4-5-13-22(21)27(24)3/h4-16H,1-3H3. The summed E-state index contributed by atoms with van der Waals surface area (Å²) in [6.07, 6.45) is 1.82. The number of hydrogen-bond donors (Lipinski definition) is 0. The summed E-state index contributed by atoms with van der Waals surface area (Å²) in [5.74, 6) is 0.804. The molecule has 0 atom stereocenters. The quantitative estimate of drug-likeness (QED) is 0.344. The van der Waals surface area contributed by atoms with Gasteiger partial charge in [-0.2, -0.15) is 0 Å². The number of ether oxygens (including phenoxy) is 1. The third kappa shape index (κ3) is 3.97. The molecule has 0 bridgehead atoms. The van der Waals surface area contributed by atoms with Gasteiger partial charge in [-0.25, -0.2) is 9.78 Å². The predicted octanol–water partition coefficient (Wildman–Crippen LogP) is 5.55. The topological polar surface area (TPSA) is 44.1 Å². The van der Waals surface area contributed by atoms with Gasteiger partial charge < -0.3 is 9.30 Å². The summed E-state index contributed by atoms with van der Waals surface area (Å²) in [5.41, 5.74) is 5.37. The number of benzene rings is 3. The molecule has 0 aliphatic carbocycles. The number of hydrogen-bond acceptors (Lipinski definition) is 3. The second-order valence-corrected chi connectivity index (χ2v) is 7.15. The highest BCUT2D eigenvalue weighted by Gasteiger charge is 2.15. The van der Waals surface area contributed by atoms with E-state index in [0.29, 0.717) is 11.3 Å². The van der Waals surface area contributed by atoms with E-state index < -0.39 is 0 Å². The van der Waals surface area contributed by atoms with Crippen LogP contribution in [0.1, 0.15) is 32.9 Å². The van der Waals surface area contributed by atoms with Crippen LogP contribution in [0.4, 0.5) is 0 Å². The van der Waals surface area contributed by atoms with Crippen LogP contribution in [0.25, 0.3) is 22.9 Å². The molecule has 0 spiro atoms. The number of para-hydroxylation sites is 2. The van der Waals surface area contributed by atoms with Crippen LogP contribution in [-0.2, 0) is 11.8 Å². The van der Waals surface area contributed by atoms with Gasteiger partial charge >= 0.3 is 5.97 Å². The molecule has 0 unspecified atom stereocenters. The molecule has 4 heteroatoms. The predicted molar refractivity (Wildman–Crippen MR) is 116 cm³/mol. The molecule has 0 saturated heterocycles. The molecule has 3 aromatic carbocycles.